The average Bonchev–Trinajstić information content (AvgIpc) is 3.23. The second-order valence-electron chi connectivity index (χ2n) is 5.32. The van der Waals surface area contributed by atoms with Gasteiger partial charge in [0.1, 0.15) is 12.4 Å². The van der Waals surface area contributed by atoms with Gasteiger partial charge in [-0.1, -0.05) is 18.2 Å². The summed E-state index contributed by atoms with van der Waals surface area (Å²) >= 11 is 0. The Morgan fingerprint density at radius 1 is 1.38 bits per heavy atom. The molecule has 0 bridgehead atoms. The molecule has 1 saturated carbocycles. The maximum atomic E-state index is 12.0. The van der Waals surface area contributed by atoms with Crippen LogP contribution in [0.3, 0.4) is 0 Å². The van der Waals surface area contributed by atoms with Crippen molar-refractivity contribution in [1.29, 1.82) is 5.26 Å². The number of nitrogens with one attached hydrogen (secondary N) is 1. The second kappa shape index (κ2) is 6.40. The van der Waals surface area contributed by atoms with Crippen LogP contribution in [-0.2, 0) is 9.59 Å². The molecule has 5 nitrogen and oxygen atoms in total. The number of carbonyl (C=O) groups excluding carboxylic acids is 2. The summed E-state index contributed by atoms with van der Waals surface area (Å²) in [5, 5.41) is 11.7. The summed E-state index contributed by atoms with van der Waals surface area (Å²) in [5.41, 5.74) is 1.83. The molecule has 2 rings (SSSR count). The summed E-state index contributed by atoms with van der Waals surface area (Å²) in [6.07, 6.45) is 1.83. The molecule has 1 aromatic rings. The normalized spacial score (nSPS) is 14.9. The number of carbonyl (C=O) groups is 2. The molecule has 1 amide bonds. The lowest BCUT2D eigenvalue weighted by molar-refractivity contribution is -0.132. The first-order valence-corrected chi connectivity index (χ1v) is 6.94. The van der Waals surface area contributed by atoms with E-state index in [-0.39, 0.29) is 12.6 Å². The summed E-state index contributed by atoms with van der Waals surface area (Å²) in [5.74, 6) is -1.70. The van der Waals surface area contributed by atoms with E-state index in [0.29, 0.717) is 5.75 Å². The molecule has 0 spiro atoms. The number of para-hydroxylation sites is 1. The molecule has 21 heavy (non-hydrogen) atoms. The zero-order chi connectivity index (χ0) is 15.4. The largest absolute Gasteiger partial charge is 0.485 e. The van der Waals surface area contributed by atoms with E-state index in [0.717, 1.165) is 24.0 Å². The van der Waals surface area contributed by atoms with E-state index in [1.165, 1.54) is 0 Å². The summed E-state index contributed by atoms with van der Waals surface area (Å²) in [6, 6.07) is 7.55. The fraction of sp³-hybridized carbons (Fsp3) is 0.438. The summed E-state index contributed by atoms with van der Waals surface area (Å²) in [6.45, 7) is 3.49. The van der Waals surface area contributed by atoms with Gasteiger partial charge in [-0.2, -0.15) is 5.26 Å². The van der Waals surface area contributed by atoms with Crippen molar-refractivity contribution in [2.75, 3.05) is 6.61 Å². The molecule has 1 atom stereocenters. The average molecular weight is 286 g/mol. The molecule has 1 aromatic carbocycles. The Kier molecular flexibility index (Phi) is 4.59. The Hall–Kier alpha value is -2.35. The van der Waals surface area contributed by atoms with Crippen LogP contribution >= 0.6 is 0 Å². The van der Waals surface area contributed by atoms with Crippen LogP contribution in [0.1, 0.15) is 24.0 Å². The van der Waals surface area contributed by atoms with Gasteiger partial charge in [0, 0.05) is 6.04 Å². The summed E-state index contributed by atoms with van der Waals surface area (Å²) in [4.78, 5) is 23.8. The Morgan fingerprint density at radius 3 is 2.52 bits per heavy atom. The van der Waals surface area contributed by atoms with Gasteiger partial charge in [-0.25, -0.2) is 0 Å². The monoisotopic (exact) mass is 286 g/mol. The van der Waals surface area contributed by atoms with Crippen molar-refractivity contribution in [2.24, 2.45) is 5.92 Å². The molecule has 0 radical (unpaired) electrons. The molecule has 0 saturated heterocycles. The van der Waals surface area contributed by atoms with Crippen LogP contribution in [0.2, 0.25) is 0 Å². The van der Waals surface area contributed by atoms with Gasteiger partial charge in [-0.3, -0.25) is 9.59 Å². The molecule has 1 aliphatic carbocycles. The number of nitrogens with zero attached hydrogens (tertiary/aromatic N) is 1. The quantitative estimate of drug-likeness (QED) is 0.807. The van der Waals surface area contributed by atoms with E-state index in [4.69, 9.17) is 10.00 Å². The van der Waals surface area contributed by atoms with Crippen LogP contribution in [0.25, 0.3) is 0 Å². The minimum atomic E-state index is -1.30. The van der Waals surface area contributed by atoms with Crippen LogP contribution in [0, 0.1) is 31.1 Å². The second-order valence-corrected chi connectivity index (χ2v) is 5.32. The molecule has 1 aliphatic rings. The Labute approximate surface area is 123 Å². The number of amides is 1. The third kappa shape index (κ3) is 3.82. The smallest absolute Gasteiger partial charge is 0.245 e. The molecule has 1 N–H and O–H groups in total. The van der Waals surface area contributed by atoms with Gasteiger partial charge in [0.25, 0.3) is 0 Å². The van der Waals surface area contributed by atoms with E-state index in [1.807, 2.05) is 32.0 Å². The van der Waals surface area contributed by atoms with Crippen molar-refractivity contribution >= 4 is 11.7 Å². The molecule has 0 aliphatic heterocycles. The fourth-order valence-corrected chi connectivity index (χ4v) is 2.04. The first-order valence-electron chi connectivity index (χ1n) is 6.94. The van der Waals surface area contributed by atoms with Crippen molar-refractivity contribution in [2.45, 2.75) is 32.7 Å². The maximum Gasteiger partial charge on any atom is 0.245 e. The van der Waals surface area contributed by atoms with Crippen molar-refractivity contribution in [1.82, 2.24) is 5.32 Å². The van der Waals surface area contributed by atoms with Gasteiger partial charge in [-0.05, 0) is 37.8 Å². The summed E-state index contributed by atoms with van der Waals surface area (Å²) < 4.78 is 5.50. The van der Waals surface area contributed by atoms with Crippen LogP contribution < -0.4 is 10.1 Å². The lowest BCUT2D eigenvalue weighted by Crippen LogP contribution is -2.37. The Balaban J connectivity index is 1.96. The lowest BCUT2D eigenvalue weighted by atomic mass is 10.1. The molecule has 1 fully saturated rings. The minimum Gasteiger partial charge on any atom is -0.485 e. The van der Waals surface area contributed by atoms with Gasteiger partial charge >= 0.3 is 0 Å². The van der Waals surface area contributed by atoms with Gasteiger partial charge in [0.15, 0.2) is 11.7 Å². The SMILES string of the molecule is Cc1cccc(C)c1OCC(=O)[C@@H](C#N)C(=O)NC1CC1. The highest BCUT2D eigenvalue weighted by Gasteiger charge is 2.31. The minimum absolute atomic E-state index is 0.126. The molecule has 5 heteroatoms. The zero-order valence-electron chi connectivity index (χ0n) is 12.2. The van der Waals surface area contributed by atoms with Crippen molar-refractivity contribution in [3.8, 4) is 11.8 Å². The molecule has 110 valence electrons. The van der Waals surface area contributed by atoms with Crippen molar-refractivity contribution in [3.63, 3.8) is 0 Å². The number of hydrogen-bond acceptors (Lipinski definition) is 4. The third-order valence-corrected chi connectivity index (χ3v) is 3.40. The summed E-state index contributed by atoms with van der Waals surface area (Å²) in [7, 11) is 0. The van der Waals surface area contributed by atoms with Crippen molar-refractivity contribution < 1.29 is 14.3 Å². The van der Waals surface area contributed by atoms with Crippen molar-refractivity contribution in [3.05, 3.63) is 29.3 Å². The maximum absolute atomic E-state index is 12.0. The molecular formula is C16H18N2O3. The van der Waals surface area contributed by atoms with Gasteiger partial charge in [0.2, 0.25) is 5.91 Å². The predicted molar refractivity (Wildman–Crippen MR) is 76.7 cm³/mol. The lowest BCUT2D eigenvalue weighted by Gasteiger charge is -2.13. The number of ketones is 1. The molecular weight excluding hydrogens is 268 g/mol. The first kappa shape index (κ1) is 15.0. The number of hydrogen-bond donors (Lipinski definition) is 1. The van der Waals surface area contributed by atoms with E-state index in [1.54, 1.807) is 6.07 Å². The van der Waals surface area contributed by atoms with E-state index in [2.05, 4.69) is 5.32 Å². The topological polar surface area (TPSA) is 79.2 Å². The molecule has 0 unspecified atom stereocenters. The third-order valence-electron chi connectivity index (χ3n) is 3.40. The number of ether oxygens (including phenoxy) is 1. The van der Waals surface area contributed by atoms with Gasteiger partial charge in [-0.15, -0.1) is 0 Å². The van der Waals surface area contributed by atoms with Gasteiger partial charge < -0.3 is 10.1 Å². The number of rotatable bonds is 6. The number of nitriles is 1. The number of Topliss-reactive ketones (excluding diaryl/α,β-unsaturated/α-hetero) is 1. The standard InChI is InChI=1S/C16H18N2O3/c1-10-4-3-5-11(2)15(10)21-9-14(19)13(8-17)16(20)18-12-6-7-12/h3-5,12-13H,6-7,9H2,1-2H3,(H,18,20)/t13-/m1/s1. The van der Waals surface area contributed by atoms with Crippen LogP contribution in [-0.4, -0.2) is 24.3 Å². The molecule has 0 heterocycles. The van der Waals surface area contributed by atoms with Gasteiger partial charge in [0.05, 0.1) is 6.07 Å². The van der Waals surface area contributed by atoms with E-state index < -0.39 is 17.6 Å². The highest BCUT2D eigenvalue weighted by Crippen LogP contribution is 2.23. The van der Waals surface area contributed by atoms with E-state index >= 15 is 0 Å². The van der Waals surface area contributed by atoms with Crippen LogP contribution in [0.4, 0.5) is 0 Å². The Morgan fingerprint density at radius 2 is 2.00 bits per heavy atom. The first-order chi connectivity index (χ1) is 10.0. The number of aryl methyl sites for hydroxylation is 2. The highest BCUT2D eigenvalue weighted by molar-refractivity contribution is 6.04. The fourth-order valence-electron chi connectivity index (χ4n) is 2.04. The molecule has 0 aromatic heterocycles. The Bertz CT molecular complexity index is 580. The number of benzene rings is 1. The van der Waals surface area contributed by atoms with Crippen LogP contribution in [0.15, 0.2) is 18.2 Å². The van der Waals surface area contributed by atoms with E-state index in [9.17, 15) is 9.59 Å². The van der Waals surface area contributed by atoms with Crippen LogP contribution in [0.5, 0.6) is 5.75 Å². The zero-order valence-corrected chi connectivity index (χ0v) is 12.2. The highest BCUT2D eigenvalue weighted by atomic mass is 16.5. The predicted octanol–water partition coefficient (Wildman–Crippen LogP) is 1.67.